The lowest BCUT2D eigenvalue weighted by molar-refractivity contribution is -0.121. The number of rotatable bonds is 4. The molecule has 1 aliphatic rings. The average molecular weight is 291 g/mol. The second-order valence-corrected chi connectivity index (χ2v) is 6.69. The molecule has 0 bridgehead atoms. The number of anilines is 2. The number of fused-ring (bicyclic) bond motifs is 1. The molecular formula is C16H25N3O2. The minimum absolute atomic E-state index is 0.0499. The van der Waals surface area contributed by atoms with E-state index in [-0.39, 0.29) is 24.0 Å². The third-order valence-corrected chi connectivity index (χ3v) is 3.91. The van der Waals surface area contributed by atoms with Crippen LogP contribution in [0.1, 0.15) is 20.8 Å². The number of hydrogen-bond acceptors (Lipinski definition) is 4. The van der Waals surface area contributed by atoms with Crippen LogP contribution in [0, 0.1) is 5.41 Å². The third kappa shape index (κ3) is 3.47. The number of benzene rings is 1. The molecule has 0 radical (unpaired) electrons. The minimum atomic E-state index is -0.236. The topological polar surface area (TPSA) is 55.8 Å². The van der Waals surface area contributed by atoms with Gasteiger partial charge in [-0.1, -0.05) is 32.9 Å². The van der Waals surface area contributed by atoms with Crippen LogP contribution in [0.2, 0.25) is 0 Å². The van der Waals surface area contributed by atoms with Crippen LogP contribution in [0.15, 0.2) is 24.3 Å². The van der Waals surface area contributed by atoms with Crippen molar-refractivity contribution in [3.8, 4) is 0 Å². The predicted octanol–water partition coefficient (Wildman–Crippen LogP) is 1.42. The van der Waals surface area contributed by atoms with Crippen molar-refractivity contribution >= 4 is 17.3 Å². The summed E-state index contributed by atoms with van der Waals surface area (Å²) in [6.45, 7) is 6.97. The van der Waals surface area contributed by atoms with Gasteiger partial charge in [0.25, 0.3) is 0 Å². The number of aliphatic hydroxyl groups excluding tert-OH is 1. The van der Waals surface area contributed by atoms with Crippen molar-refractivity contribution in [1.29, 1.82) is 0 Å². The highest BCUT2D eigenvalue weighted by Crippen LogP contribution is 2.34. The summed E-state index contributed by atoms with van der Waals surface area (Å²) >= 11 is 0. The Morgan fingerprint density at radius 3 is 2.52 bits per heavy atom. The summed E-state index contributed by atoms with van der Waals surface area (Å²) in [7, 11) is 2.02. The number of nitrogens with zero attached hydrogens (tertiary/aromatic N) is 2. The number of aliphatic hydroxyl groups is 1. The van der Waals surface area contributed by atoms with Gasteiger partial charge in [0.2, 0.25) is 5.91 Å². The molecule has 0 unspecified atom stereocenters. The van der Waals surface area contributed by atoms with Gasteiger partial charge in [-0.25, -0.2) is 0 Å². The van der Waals surface area contributed by atoms with E-state index in [0.717, 1.165) is 11.4 Å². The zero-order valence-electron chi connectivity index (χ0n) is 13.3. The fraction of sp³-hybridized carbons (Fsp3) is 0.562. The largest absolute Gasteiger partial charge is 0.394 e. The molecule has 1 heterocycles. The zero-order valence-corrected chi connectivity index (χ0v) is 13.3. The van der Waals surface area contributed by atoms with E-state index in [9.17, 15) is 9.90 Å². The van der Waals surface area contributed by atoms with Crippen LogP contribution in [0.5, 0.6) is 0 Å². The quantitative estimate of drug-likeness (QED) is 0.881. The molecular weight excluding hydrogens is 266 g/mol. The van der Waals surface area contributed by atoms with E-state index >= 15 is 0 Å². The summed E-state index contributed by atoms with van der Waals surface area (Å²) in [5.41, 5.74) is 2.05. The Morgan fingerprint density at radius 2 is 1.95 bits per heavy atom. The first-order valence-electron chi connectivity index (χ1n) is 7.28. The van der Waals surface area contributed by atoms with Gasteiger partial charge in [-0.2, -0.15) is 0 Å². The van der Waals surface area contributed by atoms with Gasteiger partial charge in [-0.15, -0.1) is 0 Å². The van der Waals surface area contributed by atoms with Gasteiger partial charge in [0.15, 0.2) is 0 Å². The van der Waals surface area contributed by atoms with E-state index in [2.05, 4.69) is 16.3 Å². The highest BCUT2D eigenvalue weighted by atomic mass is 16.3. The molecule has 116 valence electrons. The van der Waals surface area contributed by atoms with Gasteiger partial charge < -0.3 is 20.2 Å². The molecule has 0 aliphatic carbocycles. The maximum Gasteiger partial charge on any atom is 0.239 e. The SMILES string of the molecule is CN1CN(CC(=O)N[C@H](CO)C(C)(C)C)c2ccccc21. The summed E-state index contributed by atoms with van der Waals surface area (Å²) in [6, 6.07) is 7.83. The lowest BCUT2D eigenvalue weighted by atomic mass is 9.87. The molecule has 0 fully saturated rings. The van der Waals surface area contributed by atoms with Crippen LogP contribution in [0.4, 0.5) is 11.4 Å². The minimum Gasteiger partial charge on any atom is -0.394 e. The van der Waals surface area contributed by atoms with Gasteiger partial charge in [0.05, 0.1) is 37.2 Å². The number of carbonyl (C=O) groups is 1. The van der Waals surface area contributed by atoms with E-state index in [1.54, 1.807) is 0 Å². The van der Waals surface area contributed by atoms with Crippen LogP contribution in [-0.2, 0) is 4.79 Å². The first-order valence-corrected chi connectivity index (χ1v) is 7.28. The summed E-state index contributed by atoms with van der Waals surface area (Å²) in [4.78, 5) is 16.4. The molecule has 0 saturated carbocycles. The normalized spacial score (nSPS) is 15.9. The molecule has 2 rings (SSSR count). The fourth-order valence-electron chi connectivity index (χ4n) is 2.55. The van der Waals surface area contributed by atoms with Crippen molar-refractivity contribution < 1.29 is 9.90 Å². The maximum absolute atomic E-state index is 12.2. The molecule has 1 atom stereocenters. The second-order valence-electron chi connectivity index (χ2n) is 6.69. The molecule has 1 aromatic carbocycles. The van der Waals surface area contributed by atoms with E-state index in [0.29, 0.717) is 13.2 Å². The number of carbonyl (C=O) groups excluding carboxylic acids is 1. The summed E-state index contributed by atoms with van der Waals surface area (Å²) < 4.78 is 0. The van der Waals surface area contributed by atoms with Crippen LogP contribution < -0.4 is 15.1 Å². The van der Waals surface area contributed by atoms with Crippen molar-refractivity contribution in [2.24, 2.45) is 5.41 Å². The Balaban J connectivity index is 2.02. The Labute approximate surface area is 126 Å². The second kappa shape index (κ2) is 5.93. The Kier molecular flexibility index (Phi) is 4.42. The molecule has 21 heavy (non-hydrogen) atoms. The van der Waals surface area contributed by atoms with Crippen LogP contribution in [0.3, 0.4) is 0 Å². The monoisotopic (exact) mass is 291 g/mol. The highest BCUT2D eigenvalue weighted by Gasteiger charge is 2.28. The first kappa shape index (κ1) is 15.6. The highest BCUT2D eigenvalue weighted by molar-refractivity contribution is 5.85. The summed E-state index contributed by atoms with van der Waals surface area (Å²) in [6.07, 6.45) is 0. The Hall–Kier alpha value is -1.75. The molecule has 1 amide bonds. The van der Waals surface area contributed by atoms with Crippen molar-refractivity contribution in [1.82, 2.24) is 5.32 Å². The number of hydrogen-bond donors (Lipinski definition) is 2. The van der Waals surface area contributed by atoms with Crippen molar-refractivity contribution in [3.05, 3.63) is 24.3 Å². The van der Waals surface area contributed by atoms with Crippen molar-refractivity contribution in [2.45, 2.75) is 26.8 Å². The number of para-hydroxylation sites is 2. The van der Waals surface area contributed by atoms with Gasteiger partial charge in [0, 0.05) is 7.05 Å². The lowest BCUT2D eigenvalue weighted by Gasteiger charge is -2.30. The molecule has 5 nitrogen and oxygen atoms in total. The van der Waals surface area contributed by atoms with Crippen molar-refractivity contribution in [2.75, 3.05) is 36.7 Å². The number of amides is 1. The molecule has 5 heteroatoms. The Morgan fingerprint density at radius 1 is 1.33 bits per heavy atom. The standard InChI is InChI=1S/C16H25N3O2/c1-16(2,3)14(10-20)17-15(21)9-19-11-18(4)12-7-5-6-8-13(12)19/h5-8,14,20H,9-11H2,1-4H3,(H,17,21)/t14-/m1/s1. The molecule has 1 aromatic rings. The molecule has 0 aromatic heterocycles. The van der Waals surface area contributed by atoms with E-state index in [4.69, 9.17) is 0 Å². The number of nitrogens with one attached hydrogen (secondary N) is 1. The first-order chi connectivity index (χ1) is 9.82. The fourth-order valence-corrected chi connectivity index (χ4v) is 2.55. The van der Waals surface area contributed by atoms with Crippen LogP contribution in [0.25, 0.3) is 0 Å². The average Bonchev–Trinajstić information content (AvgIpc) is 2.72. The molecule has 1 aliphatic heterocycles. The summed E-state index contributed by atoms with van der Waals surface area (Å²) in [5, 5.41) is 12.4. The maximum atomic E-state index is 12.2. The smallest absolute Gasteiger partial charge is 0.239 e. The van der Waals surface area contributed by atoms with E-state index in [1.165, 1.54) is 0 Å². The van der Waals surface area contributed by atoms with E-state index < -0.39 is 0 Å². The van der Waals surface area contributed by atoms with Crippen molar-refractivity contribution in [3.63, 3.8) is 0 Å². The molecule has 0 saturated heterocycles. The molecule has 0 spiro atoms. The zero-order chi connectivity index (χ0) is 15.6. The van der Waals surface area contributed by atoms with E-state index in [1.807, 2.05) is 50.9 Å². The van der Waals surface area contributed by atoms with Gasteiger partial charge >= 0.3 is 0 Å². The molecule has 2 N–H and O–H groups in total. The van der Waals surface area contributed by atoms with Gasteiger partial charge in [-0.3, -0.25) is 4.79 Å². The van der Waals surface area contributed by atoms with Gasteiger partial charge in [0.1, 0.15) is 0 Å². The van der Waals surface area contributed by atoms with Gasteiger partial charge in [-0.05, 0) is 17.5 Å². The lowest BCUT2D eigenvalue weighted by Crippen LogP contribution is -2.49. The summed E-state index contributed by atoms with van der Waals surface area (Å²) in [5.74, 6) is -0.0610. The third-order valence-electron chi connectivity index (χ3n) is 3.91. The predicted molar refractivity (Wildman–Crippen MR) is 85.5 cm³/mol. The van der Waals surface area contributed by atoms with Crippen LogP contribution >= 0.6 is 0 Å². The Bertz CT molecular complexity index is 510. The van der Waals surface area contributed by atoms with Crippen LogP contribution in [-0.4, -0.2) is 43.9 Å².